The van der Waals surface area contributed by atoms with Crippen LogP contribution in [0.1, 0.15) is 23.9 Å². The molecule has 0 aliphatic heterocycles. The van der Waals surface area contributed by atoms with E-state index in [9.17, 15) is 4.79 Å². The normalized spacial score (nSPS) is 10.6. The summed E-state index contributed by atoms with van der Waals surface area (Å²) in [5.41, 5.74) is 6.00. The molecular weight excluding hydrogens is 300 g/mol. The van der Waals surface area contributed by atoms with Gasteiger partial charge in [0.25, 0.3) is 0 Å². The number of hydrogen-bond donors (Lipinski definition) is 2. The Hall–Kier alpha value is -2.95. The van der Waals surface area contributed by atoms with Gasteiger partial charge in [-0.05, 0) is 50.1 Å². The van der Waals surface area contributed by atoms with Gasteiger partial charge in [0.2, 0.25) is 0 Å². The number of nitrogens with one attached hydrogen (secondary N) is 2. The van der Waals surface area contributed by atoms with Crippen molar-refractivity contribution in [3.63, 3.8) is 0 Å². The summed E-state index contributed by atoms with van der Waals surface area (Å²) >= 11 is 0. The minimum Gasteiger partial charge on any atom is -0.308 e. The summed E-state index contributed by atoms with van der Waals surface area (Å²) in [6.45, 7) is 5.92. The number of hydrogen-bond acceptors (Lipinski definition) is 3. The van der Waals surface area contributed by atoms with E-state index in [4.69, 9.17) is 0 Å². The van der Waals surface area contributed by atoms with Crippen LogP contribution in [0, 0.1) is 13.8 Å². The lowest BCUT2D eigenvalue weighted by molar-refractivity contribution is 0.262. The van der Waals surface area contributed by atoms with E-state index in [2.05, 4.69) is 27.5 Å². The highest BCUT2D eigenvalue weighted by molar-refractivity contribution is 6.01. The number of amides is 2. The van der Waals surface area contributed by atoms with Gasteiger partial charge >= 0.3 is 6.03 Å². The highest BCUT2D eigenvalue weighted by Crippen LogP contribution is 2.19. The van der Waals surface area contributed by atoms with Crippen LogP contribution in [0.4, 0.5) is 16.2 Å². The van der Waals surface area contributed by atoms with Crippen LogP contribution in [0.15, 0.2) is 42.5 Å². The molecule has 0 atom stereocenters. The highest BCUT2D eigenvalue weighted by atomic mass is 16.2. The number of fused-ring (bicyclic) bond motifs is 1. The highest BCUT2D eigenvalue weighted by Gasteiger charge is 2.07. The van der Waals surface area contributed by atoms with Crippen molar-refractivity contribution in [3.8, 4) is 0 Å². The van der Waals surface area contributed by atoms with Crippen LogP contribution in [0.25, 0.3) is 11.0 Å². The number of anilines is 2. The molecule has 0 saturated carbocycles. The largest absolute Gasteiger partial charge is 0.323 e. The summed E-state index contributed by atoms with van der Waals surface area (Å²) in [5, 5.41) is 5.74. The van der Waals surface area contributed by atoms with Gasteiger partial charge in [0.15, 0.2) is 0 Å². The van der Waals surface area contributed by atoms with Gasteiger partial charge < -0.3 is 10.6 Å². The minimum atomic E-state index is -0.271. The smallest absolute Gasteiger partial charge is 0.308 e. The summed E-state index contributed by atoms with van der Waals surface area (Å²) in [6, 6.07) is 13.0. The molecule has 0 aliphatic carbocycles. The molecule has 0 spiro atoms. The van der Waals surface area contributed by atoms with Crippen molar-refractivity contribution in [2.24, 2.45) is 0 Å². The second-order valence-corrected chi connectivity index (χ2v) is 5.69. The first-order valence-electron chi connectivity index (χ1n) is 7.97. The molecule has 5 nitrogen and oxygen atoms in total. The molecule has 2 N–H and O–H groups in total. The van der Waals surface area contributed by atoms with Crippen LogP contribution in [0.2, 0.25) is 0 Å². The van der Waals surface area contributed by atoms with E-state index in [-0.39, 0.29) is 6.03 Å². The summed E-state index contributed by atoms with van der Waals surface area (Å²) in [5.74, 6) is 0. The summed E-state index contributed by atoms with van der Waals surface area (Å²) in [7, 11) is 0. The minimum absolute atomic E-state index is 0.271. The number of carbonyl (C=O) groups is 1. The van der Waals surface area contributed by atoms with Crippen molar-refractivity contribution < 1.29 is 4.79 Å². The van der Waals surface area contributed by atoms with Gasteiger partial charge in [0.05, 0.1) is 22.4 Å². The molecule has 3 aromatic rings. The van der Waals surface area contributed by atoms with Crippen LogP contribution >= 0.6 is 0 Å². The lowest BCUT2D eigenvalue weighted by atomic mass is 10.1. The molecule has 5 heteroatoms. The lowest BCUT2D eigenvalue weighted by Crippen LogP contribution is -2.20. The zero-order chi connectivity index (χ0) is 17.1. The quantitative estimate of drug-likeness (QED) is 0.749. The van der Waals surface area contributed by atoms with Gasteiger partial charge in [0, 0.05) is 11.4 Å². The Labute approximate surface area is 141 Å². The molecule has 0 radical (unpaired) electrons. The van der Waals surface area contributed by atoms with Crippen molar-refractivity contribution in [2.75, 3.05) is 10.6 Å². The fourth-order valence-corrected chi connectivity index (χ4v) is 2.54. The second kappa shape index (κ2) is 6.66. The van der Waals surface area contributed by atoms with E-state index in [0.717, 1.165) is 40.1 Å². The molecule has 3 rings (SSSR count). The van der Waals surface area contributed by atoms with E-state index in [0.29, 0.717) is 5.69 Å². The van der Waals surface area contributed by atoms with E-state index in [1.54, 1.807) is 0 Å². The van der Waals surface area contributed by atoms with E-state index >= 15 is 0 Å². The molecule has 1 heterocycles. The zero-order valence-corrected chi connectivity index (χ0v) is 14.1. The Bertz CT molecular complexity index is 905. The predicted molar refractivity (Wildman–Crippen MR) is 97.5 cm³/mol. The Kier molecular flexibility index (Phi) is 4.42. The summed E-state index contributed by atoms with van der Waals surface area (Å²) in [6.07, 6.45) is 0.862. The third-order valence-electron chi connectivity index (χ3n) is 3.98. The van der Waals surface area contributed by atoms with Crippen molar-refractivity contribution in [1.82, 2.24) is 9.97 Å². The average molecular weight is 320 g/mol. The zero-order valence-electron chi connectivity index (χ0n) is 14.1. The molecule has 0 saturated heterocycles. The van der Waals surface area contributed by atoms with Crippen LogP contribution < -0.4 is 10.6 Å². The Morgan fingerprint density at radius 3 is 2.42 bits per heavy atom. The van der Waals surface area contributed by atoms with Crippen molar-refractivity contribution >= 4 is 28.4 Å². The standard InChI is InChI=1S/C19H20N4O/c1-4-14-7-5-6-8-16(14)23-19(24)22-15-9-10-17-18(11-15)21-13(3)12(2)20-17/h5-11H,4H2,1-3H3,(H2,22,23,24). The first-order valence-corrected chi connectivity index (χ1v) is 7.97. The van der Waals surface area contributed by atoms with Gasteiger partial charge in [-0.3, -0.25) is 0 Å². The first-order chi connectivity index (χ1) is 11.6. The lowest BCUT2D eigenvalue weighted by Gasteiger charge is -2.11. The van der Waals surface area contributed by atoms with Crippen molar-refractivity contribution in [1.29, 1.82) is 0 Å². The number of para-hydroxylation sites is 1. The van der Waals surface area contributed by atoms with E-state index < -0.39 is 0 Å². The fourth-order valence-electron chi connectivity index (χ4n) is 2.54. The van der Waals surface area contributed by atoms with Crippen LogP contribution in [0.5, 0.6) is 0 Å². The van der Waals surface area contributed by atoms with E-state index in [1.807, 2.05) is 56.3 Å². The molecule has 122 valence electrons. The maximum Gasteiger partial charge on any atom is 0.323 e. The molecular formula is C19H20N4O. The molecule has 0 aliphatic rings. The maximum atomic E-state index is 12.2. The Morgan fingerprint density at radius 2 is 1.67 bits per heavy atom. The third kappa shape index (κ3) is 3.35. The predicted octanol–water partition coefficient (Wildman–Crippen LogP) is 4.45. The number of benzene rings is 2. The monoisotopic (exact) mass is 320 g/mol. The van der Waals surface area contributed by atoms with Crippen molar-refractivity contribution in [3.05, 3.63) is 59.4 Å². The van der Waals surface area contributed by atoms with Crippen LogP contribution in [0.3, 0.4) is 0 Å². The molecule has 0 bridgehead atoms. The van der Waals surface area contributed by atoms with Gasteiger partial charge in [-0.15, -0.1) is 0 Å². The molecule has 0 fully saturated rings. The number of urea groups is 1. The fraction of sp³-hybridized carbons (Fsp3) is 0.211. The van der Waals surface area contributed by atoms with Crippen LogP contribution in [-0.4, -0.2) is 16.0 Å². The number of aryl methyl sites for hydroxylation is 3. The molecule has 1 aromatic heterocycles. The van der Waals surface area contributed by atoms with E-state index in [1.165, 1.54) is 0 Å². The van der Waals surface area contributed by atoms with Crippen molar-refractivity contribution in [2.45, 2.75) is 27.2 Å². The molecule has 0 unspecified atom stereocenters. The number of carbonyl (C=O) groups excluding carboxylic acids is 1. The van der Waals surface area contributed by atoms with Gasteiger partial charge in [-0.2, -0.15) is 0 Å². The third-order valence-corrected chi connectivity index (χ3v) is 3.98. The van der Waals surface area contributed by atoms with Gasteiger partial charge in [-0.25, -0.2) is 14.8 Å². The maximum absolute atomic E-state index is 12.2. The molecule has 24 heavy (non-hydrogen) atoms. The Morgan fingerprint density at radius 1 is 0.958 bits per heavy atom. The first kappa shape index (κ1) is 15.9. The summed E-state index contributed by atoms with van der Waals surface area (Å²) in [4.78, 5) is 21.3. The second-order valence-electron chi connectivity index (χ2n) is 5.69. The van der Waals surface area contributed by atoms with Gasteiger partial charge in [-0.1, -0.05) is 25.1 Å². The Balaban J connectivity index is 1.79. The SMILES string of the molecule is CCc1ccccc1NC(=O)Nc1ccc2nc(C)c(C)nc2c1. The van der Waals surface area contributed by atoms with Crippen LogP contribution in [-0.2, 0) is 6.42 Å². The topological polar surface area (TPSA) is 66.9 Å². The number of nitrogens with zero attached hydrogens (tertiary/aromatic N) is 2. The average Bonchev–Trinajstić information content (AvgIpc) is 2.56. The van der Waals surface area contributed by atoms with Gasteiger partial charge in [0.1, 0.15) is 0 Å². The number of rotatable bonds is 3. The summed E-state index contributed by atoms with van der Waals surface area (Å²) < 4.78 is 0. The molecule has 2 amide bonds. The number of aromatic nitrogens is 2. The molecule has 2 aromatic carbocycles.